The number of amides is 1. The van der Waals surface area contributed by atoms with Gasteiger partial charge in [-0.15, -0.1) is 0 Å². The summed E-state index contributed by atoms with van der Waals surface area (Å²) in [6.07, 6.45) is 0. The minimum absolute atomic E-state index is 0.0890. The van der Waals surface area contributed by atoms with Crippen molar-refractivity contribution in [1.29, 1.82) is 0 Å². The Hall–Kier alpha value is -2.82. The van der Waals surface area contributed by atoms with Crippen LogP contribution in [0, 0.1) is 0 Å². The van der Waals surface area contributed by atoms with Gasteiger partial charge in [0.15, 0.2) is 5.82 Å². The van der Waals surface area contributed by atoms with Gasteiger partial charge in [-0.3, -0.25) is 9.89 Å². The Morgan fingerprint density at radius 3 is 2.81 bits per heavy atom. The Morgan fingerprint density at radius 2 is 1.95 bits per heavy atom. The average molecular weight is 278 g/mol. The number of aromatic amines is 1. The second-order valence-corrected chi connectivity index (χ2v) is 5.40. The summed E-state index contributed by atoms with van der Waals surface area (Å²) in [7, 11) is 1.82. The molecule has 1 aliphatic heterocycles. The number of anilines is 1. The lowest BCUT2D eigenvalue weighted by atomic mass is 9.99. The zero-order valence-electron chi connectivity index (χ0n) is 11.6. The molecular weight excluding hydrogens is 264 g/mol. The topological polar surface area (TPSA) is 75.0 Å². The highest BCUT2D eigenvalue weighted by Gasteiger charge is 2.24. The molecule has 0 atom stereocenters. The Bertz CT molecular complexity index is 881. The number of nitrogen functional groups attached to an aromatic ring is 1. The number of nitrogens with two attached hydrogens (primary N) is 1. The van der Waals surface area contributed by atoms with Crippen LogP contribution in [0.5, 0.6) is 0 Å². The quantitative estimate of drug-likeness (QED) is 0.717. The molecule has 5 heteroatoms. The van der Waals surface area contributed by atoms with E-state index in [0.29, 0.717) is 12.4 Å². The van der Waals surface area contributed by atoms with Gasteiger partial charge in [-0.1, -0.05) is 12.1 Å². The maximum Gasteiger partial charge on any atom is 0.254 e. The standard InChI is InChI=1S/C16H14N4O/c1-20-8-11-6-9(2-4-12(11)16(20)21)10-3-5-14-13(7-10)15(17)19-18-14/h2-7H,8H2,1H3,(H3,17,18,19). The first-order chi connectivity index (χ1) is 10.1. The number of aromatic nitrogens is 2. The minimum Gasteiger partial charge on any atom is -0.382 e. The van der Waals surface area contributed by atoms with Crippen molar-refractivity contribution in [3.05, 3.63) is 47.5 Å². The molecule has 0 radical (unpaired) electrons. The number of fused-ring (bicyclic) bond motifs is 2. The van der Waals surface area contributed by atoms with Crippen LogP contribution in [0.1, 0.15) is 15.9 Å². The Balaban J connectivity index is 1.84. The van der Waals surface area contributed by atoms with E-state index in [4.69, 9.17) is 5.73 Å². The van der Waals surface area contributed by atoms with Crippen molar-refractivity contribution in [3.8, 4) is 11.1 Å². The molecule has 21 heavy (non-hydrogen) atoms. The SMILES string of the molecule is CN1Cc2cc(-c3ccc4[nH]nc(N)c4c3)ccc2C1=O. The lowest BCUT2D eigenvalue weighted by Crippen LogP contribution is -2.17. The number of hydrogen-bond acceptors (Lipinski definition) is 3. The number of hydrogen-bond donors (Lipinski definition) is 2. The second kappa shape index (κ2) is 4.09. The van der Waals surface area contributed by atoms with Crippen LogP contribution in [-0.4, -0.2) is 28.1 Å². The first-order valence-corrected chi connectivity index (χ1v) is 6.76. The van der Waals surface area contributed by atoms with Crippen molar-refractivity contribution in [2.24, 2.45) is 0 Å². The fourth-order valence-electron chi connectivity index (χ4n) is 2.86. The summed E-state index contributed by atoms with van der Waals surface area (Å²) < 4.78 is 0. The summed E-state index contributed by atoms with van der Waals surface area (Å²) in [6, 6.07) is 12.0. The highest BCUT2D eigenvalue weighted by Crippen LogP contribution is 2.30. The molecule has 0 aliphatic carbocycles. The maximum atomic E-state index is 11.9. The van der Waals surface area contributed by atoms with E-state index >= 15 is 0 Å². The molecule has 2 aromatic carbocycles. The van der Waals surface area contributed by atoms with Gasteiger partial charge >= 0.3 is 0 Å². The van der Waals surface area contributed by atoms with Crippen LogP contribution in [0.25, 0.3) is 22.0 Å². The zero-order valence-corrected chi connectivity index (χ0v) is 11.6. The Morgan fingerprint density at radius 1 is 1.19 bits per heavy atom. The van der Waals surface area contributed by atoms with Crippen LogP contribution < -0.4 is 5.73 Å². The second-order valence-electron chi connectivity index (χ2n) is 5.40. The number of rotatable bonds is 1. The Labute approximate surface area is 121 Å². The van der Waals surface area contributed by atoms with Crippen LogP contribution in [0.15, 0.2) is 36.4 Å². The van der Waals surface area contributed by atoms with E-state index in [2.05, 4.69) is 16.3 Å². The van der Waals surface area contributed by atoms with Gasteiger partial charge in [0.2, 0.25) is 0 Å². The van der Waals surface area contributed by atoms with E-state index in [1.165, 1.54) is 0 Å². The Kier molecular flexibility index (Phi) is 2.33. The van der Waals surface area contributed by atoms with Gasteiger partial charge in [0.05, 0.1) is 5.52 Å². The van der Waals surface area contributed by atoms with Crippen LogP contribution in [0.4, 0.5) is 5.82 Å². The van der Waals surface area contributed by atoms with E-state index < -0.39 is 0 Å². The molecule has 0 unspecified atom stereocenters. The predicted molar refractivity (Wildman–Crippen MR) is 81.7 cm³/mol. The van der Waals surface area contributed by atoms with E-state index in [0.717, 1.165) is 33.2 Å². The highest BCUT2D eigenvalue weighted by molar-refractivity contribution is 5.99. The molecule has 0 saturated heterocycles. The van der Waals surface area contributed by atoms with Crippen LogP contribution in [0.3, 0.4) is 0 Å². The molecule has 3 aromatic rings. The molecule has 1 aromatic heterocycles. The molecule has 2 heterocycles. The van der Waals surface area contributed by atoms with Crippen molar-refractivity contribution in [2.75, 3.05) is 12.8 Å². The summed E-state index contributed by atoms with van der Waals surface area (Å²) in [5, 5.41) is 7.82. The fourth-order valence-corrected chi connectivity index (χ4v) is 2.86. The van der Waals surface area contributed by atoms with Gasteiger partial charge in [-0.25, -0.2) is 0 Å². The number of nitrogens with zero attached hydrogens (tertiary/aromatic N) is 2. The van der Waals surface area contributed by atoms with Gasteiger partial charge in [0.25, 0.3) is 5.91 Å². The van der Waals surface area contributed by atoms with Crippen molar-refractivity contribution < 1.29 is 4.79 Å². The van der Waals surface area contributed by atoms with Crippen LogP contribution in [-0.2, 0) is 6.54 Å². The van der Waals surface area contributed by atoms with E-state index in [1.807, 2.05) is 37.4 Å². The molecule has 5 nitrogen and oxygen atoms in total. The number of carbonyl (C=O) groups is 1. The third-order valence-corrected chi connectivity index (χ3v) is 4.02. The van der Waals surface area contributed by atoms with Crippen molar-refractivity contribution in [1.82, 2.24) is 15.1 Å². The molecular formula is C16H14N4O. The first kappa shape index (κ1) is 12.0. The lowest BCUT2D eigenvalue weighted by molar-refractivity contribution is 0.0816. The number of benzene rings is 2. The molecule has 0 saturated carbocycles. The third-order valence-electron chi connectivity index (χ3n) is 4.02. The number of nitrogens with one attached hydrogen (secondary N) is 1. The van der Waals surface area contributed by atoms with Crippen LogP contribution in [0.2, 0.25) is 0 Å². The summed E-state index contributed by atoms with van der Waals surface area (Å²) >= 11 is 0. The van der Waals surface area contributed by atoms with E-state index in [1.54, 1.807) is 4.90 Å². The van der Waals surface area contributed by atoms with Crippen molar-refractivity contribution >= 4 is 22.6 Å². The van der Waals surface area contributed by atoms with Gasteiger partial charge in [0, 0.05) is 24.5 Å². The van der Waals surface area contributed by atoms with Gasteiger partial charge in [0.1, 0.15) is 0 Å². The number of H-pyrrole nitrogens is 1. The van der Waals surface area contributed by atoms with Crippen molar-refractivity contribution in [3.63, 3.8) is 0 Å². The monoisotopic (exact) mass is 278 g/mol. The molecule has 1 aliphatic rings. The summed E-state index contributed by atoms with van der Waals surface area (Å²) in [4.78, 5) is 13.7. The normalized spacial score (nSPS) is 14.0. The predicted octanol–water partition coefficient (Wildman–Crippen LogP) is 2.40. The van der Waals surface area contributed by atoms with Gasteiger partial charge < -0.3 is 10.6 Å². The minimum atomic E-state index is 0.0890. The molecule has 4 rings (SSSR count). The largest absolute Gasteiger partial charge is 0.382 e. The number of carbonyl (C=O) groups excluding carboxylic acids is 1. The zero-order chi connectivity index (χ0) is 14.6. The molecule has 1 amide bonds. The molecule has 104 valence electrons. The van der Waals surface area contributed by atoms with Crippen LogP contribution >= 0.6 is 0 Å². The van der Waals surface area contributed by atoms with Gasteiger partial charge in [-0.2, -0.15) is 5.10 Å². The summed E-state index contributed by atoms with van der Waals surface area (Å²) in [6.45, 7) is 0.665. The fraction of sp³-hybridized carbons (Fsp3) is 0.125. The third kappa shape index (κ3) is 1.71. The van der Waals surface area contributed by atoms with E-state index in [-0.39, 0.29) is 5.91 Å². The maximum absolute atomic E-state index is 11.9. The smallest absolute Gasteiger partial charge is 0.254 e. The molecule has 0 spiro atoms. The van der Waals surface area contributed by atoms with E-state index in [9.17, 15) is 4.79 Å². The lowest BCUT2D eigenvalue weighted by Gasteiger charge is -2.05. The van der Waals surface area contributed by atoms with Gasteiger partial charge in [-0.05, 0) is 41.0 Å². The summed E-state index contributed by atoms with van der Waals surface area (Å²) in [5.74, 6) is 0.592. The molecule has 0 bridgehead atoms. The molecule has 3 N–H and O–H groups in total. The van der Waals surface area contributed by atoms with Crippen molar-refractivity contribution in [2.45, 2.75) is 6.54 Å². The average Bonchev–Trinajstić information content (AvgIpc) is 3.00. The first-order valence-electron chi connectivity index (χ1n) is 6.76. The highest BCUT2D eigenvalue weighted by atomic mass is 16.2. The molecule has 0 fully saturated rings. The summed E-state index contributed by atoms with van der Waals surface area (Å²) in [5.41, 5.74) is 10.8.